The van der Waals surface area contributed by atoms with E-state index < -0.39 is 14.9 Å². The van der Waals surface area contributed by atoms with E-state index in [1.54, 1.807) is 13.1 Å². The van der Waals surface area contributed by atoms with Crippen molar-refractivity contribution in [2.45, 2.75) is 19.2 Å². The Morgan fingerprint density at radius 3 is 2.52 bits per heavy atom. The lowest BCUT2D eigenvalue weighted by Gasteiger charge is -2.06. The van der Waals surface area contributed by atoms with Crippen LogP contribution in [0.15, 0.2) is 30.5 Å². The molecule has 2 aromatic rings. The number of nitrogens with zero attached hydrogens (tertiary/aromatic N) is 2. The molecule has 0 spiro atoms. The zero-order valence-electron chi connectivity index (χ0n) is 11.2. The van der Waals surface area contributed by atoms with Crippen LogP contribution in [0.5, 0.6) is 0 Å². The van der Waals surface area contributed by atoms with Gasteiger partial charge in [-0.2, -0.15) is 5.10 Å². The zero-order valence-corrected chi connectivity index (χ0v) is 12.1. The Labute approximate surface area is 121 Å². The number of nitro benzene ring substituents is 1. The summed E-state index contributed by atoms with van der Waals surface area (Å²) in [7, 11) is -3.52. The first-order valence-electron chi connectivity index (χ1n) is 6.07. The molecule has 0 fully saturated rings. The van der Waals surface area contributed by atoms with E-state index >= 15 is 0 Å². The molecule has 2 rings (SSSR count). The van der Waals surface area contributed by atoms with Crippen molar-refractivity contribution >= 4 is 15.7 Å². The average molecular weight is 310 g/mol. The summed E-state index contributed by atoms with van der Waals surface area (Å²) in [5, 5.41) is 17.1. The molecule has 0 aliphatic rings. The van der Waals surface area contributed by atoms with Crippen LogP contribution in [-0.4, -0.2) is 23.5 Å². The number of sulfonamides is 1. The summed E-state index contributed by atoms with van der Waals surface area (Å²) >= 11 is 0. The zero-order chi connectivity index (χ0) is 15.5. The maximum Gasteiger partial charge on any atom is 0.269 e. The number of hydrogen-bond acceptors (Lipinski definition) is 5. The number of H-pyrrole nitrogens is 1. The monoisotopic (exact) mass is 310 g/mol. The number of aromatic amines is 1. The summed E-state index contributed by atoms with van der Waals surface area (Å²) in [6.45, 7) is 1.95. The number of nitrogens with one attached hydrogen (secondary N) is 2. The maximum absolute atomic E-state index is 11.9. The topological polar surface area (TPSA) is 118 Å². The Morgan fingerprint density at radius 1 is 1.33 bits per heavy atom. The summed E-state index contributed by atoms with van der Waals surface area (Å²) in [5.74, 6) is -0.234. The van der Waals surface area contributed by atoms with E-state index in [9.17, 15) is 18.5 Å². The fourth-order valence-corrected chi connectivity index (χ4v) is 2.83. The Morgan fingerprint density at radius 2 is 2.00 bits per heavy atom. The quantitative estimate of drug-likeness (QED) is 0.615. The van der Waals surface area contributed by atoms with Crippen molar-refractivity contribution in [1.82, 2.24) is 14.9 Å². The van der Waals surface area contributed by atoms with Gasteiger partial charge in [-0.25, -0.2) is 13.1 Å². The van der Waals surface area contributed by atoms with Gasteiger partial charge in [0.15, 0.2) is 0 Å². The highest BCUT2D eigenvalue weighted by Gasteiger charge is 2.13. The second-order valence-corrected chi connectivity index (χ2v) is 6.33. The first-order chi connectivity index (χ1) is 9.87. The molecule has 0 saturated heterocycles. The van der Waals surface area contributed by atoms with E-state index in [4.69, 9.17) is 0 Å². The van der Waals surface area contributed by atoms with E-state index in [1.165, 1.54) is 24.3 Å². The van der Waals surface area contributed by atoms with Crippen LogP contribution in [0.2, 0.25) is 0 Å². The fourth-order valence-electron chi connectivity index (χ4n) is 1.73. The molecular weight excluding hydrogens is 296 g/mol. The lowest BCUT2D eigenvalue weighted by molar-refractivity contribution is -0.384. The third-order valence-electron chi connectivity index (χ3n) is 2.92. The van der Waals surface area contributed by atoms with Crippen LogP contribution in [0.3, 0.4) is 0 Å². The van der Waals surface area contributed by atoms with Gasteiger partial charge in [0.25, 0.3) is 5.69 Å². The molecule has 0 saturated carbocycles. The Kier molecular flexibility index (Phi) is 4.34. The number of aromatic nitrogens is 2. The first-order valence-corrected chi connectivity index (χ1v) is 7.72. The third kappa shape index (κ3) is 4.10. The maximum atomic E-state index is 11.9. The number of non-ortho nitro benzene ring substituents is 1. The summed E-state index contributed by atoms with van der Waals surface area (Å²) in [5.41, 5.74) is 1.98. The normalized spacial score (nSPS) is 11.5. The Balaban J connectivity index is 2.00. The molecule has 9 heteroatoms. The smallest absolute Gasteiger partial charge is 0.269 e. The molecule has 1 aromatic heterocycles. The number of hydrogen-bond donors (Lipinski definition) is 2. The van der Waals surface area contributed by atoms with Crippen LogP contribution in [0.25, 0.3) is 0 Å². The highest BCUT2D eigenvalue weighted by atomic mass is 32.2. The van der Waals surface area contributed by atoms with Crippen molar-refractivity contribution in [3.63, 3.8) is 0 Å². The van der Waals surface area contributed by atoms with Crippen molar-refractivity contribution < 1.29 is 13.3 Å². The minimum Gasteiger partial charge on any atom is -0.283 e. The van der Waals surface area contributed by atoms with Crippen molar-refractivity contribution in [2.24, 2.45) is 0 Å². The van der Waals surface area contributed by atoms with Crippen molar-refractivity contribution in [3.05, 3.63) is 57.4 Å². The molecule has 1 heterocycles. The number of aryl methyl sites for hydroxylation is 1. The van der Waals surface area contributed by atoms with Gasteiger partial charge in [0.2, 0.25) is 10.0 Å². The SMILES string of the molecule is Cc1[nH]ncc1CNS(=O)(=O)Cc1ccc([N+](=O)[O-])cc1. The lowest BCUT2D eigenvalue weighted by Crippen LogP contribution is -2.24. The molecule has 0 aliphatic carbocycles. The highest BCUT2D eigenvalue weighted by Crippen LogP contribution is 2.14. The van der Waals surface area contributed by atoms with Gasteiger partial charge >= 0.3 is 0 Å². The fraction of sp³-hybridized carbons (Fsp3) is 0.250. The van der Waals surface area contributed by atoms with Crippen LogP contribution < -0.4 is 4.72 Å². The van der Waals surface area contributed by atoms with E-state index in [1.807, 2.05) is 0 Å². The van der Waals surface area contributed by atoms with Crippen LogP contribution in [-0.2, 0) is 22.3 Å². The summed E-state index contributed by atoms with van der Waals surface area (Å²) in [4.78, 5) is 10.00. The minimum atomic E-state index is -3.52. The molecule has 2 N–H and O–H groups in total. The molecule has 1 aromatic carbocycles. The van der Waals surface area contributed by atoms with E-state index in [2.05, 4.69) is 14.9 Å². The summed E-state index contributed by atoms with van der Waals surface area (Å²) in [6.07, 6.45) is 1.56. The third-order valence-corrected chi connectivity index (χ3v) is 4.22. The number of benzene rings is 1. The molecule has 0 bridgehead atoms. The first kappa shape index (κ1) is 15.1. The van der Waals surface area contributed by atoms with Crippen LogP contribution >= 0.6 is 0 Å². The van der Waals surface area contributed by atoms with Gasteiger partial charge in [0.05, 0.1) is 16.9 Å². The second kappa shape index (κ2) is 6.02. The molecule has 112 valence electrons. The predicted molar refractivity (Wildman–Crippen MR) is 75.9 cm³/mol. The largest absolute Gasteiger partial charge is 0.283 e. The van der Waals surface area contributed by atoms with Crippen LogP contribution in [0.4, 0.5) is 5.69 Å². The minimum absolute atomic E-state index is 0.0712. The molecule has 8 nitrogen and oxygen atoms in total. The Hall–Kier alpha value is -2.26. The summed E-state index contributed by atoms with van der Waals surface area (Å²) < 4.78 is 26.4. The van der Waals surface area contributed by atoms with E-state index in [0.717, 1.165) is 11.3 Å². The molecule has 0 atom stereocenters. The average Bonchev–Trinajstić information content (AvgIpc) is 2.82. The van der Waals surface area contributed by atoms with Crippen LogP contribution in [0, 0.1) is 17.0 Å². The van der Waals surface area contributed by atoms with E-state index in [-0.39, 0.29) is 18.0 Å². The molecular formula is C12H14N4O4S. The van der Waals surface area contributed by atoms with Crippen molar-refractivity contribution in [1.29, 1.82) is 0 Å². The predicted octanol–water partition coefficient (Wildman–Crippen LogP) is 1.25. The second-order valence-electron chi connectivity index (χ2n) is 4.52. The van der Waals surface area contributed by atoms with Crippen LogP contribution in [0.1, 0.15) is 16.8 Å². The molecule has 0 radical (unpaired) electrons. The van der Waals surface area contributed by atoms with Gasteiger partial charge in [0.1, 0.15) is 0 Å². The van der Waals surface area contributed by atoms with Crippen molar-refractivity contribution in [2.75, 3.05) is 0 Å². The van der Waals surface area contributed by atoms with Gasteiger partial charge in [-0.1, -0.05) is 12.1 Å². The Bertz CT molecular complexity index is 737. The van der Waals surface area contributed by atoms with E-state index in [0.29, 0.717) is 5.56 Å². The molecule has 0 aliphatic heterocycles. The number of nitro groups is 1. The number of rotatable bonds is 6. The van der Waals surface area contributed by atoms with Gasteiger partial charge < -0.3 is 0 Å². The van der Waals surface area contributed by atoms with Gasteiger partial charge in [0, 0.05) is 29.9 Å². The molecule has 21 heavy (non-hydrogen) atoms. The highest BCUT2D eigenvalue weighted by molar-refractivity contribution is 7.88. The molecule has 0 unspecified atom stereocenters. The molecule has 0 amide bonds. The van der Waals surface area contributed by atoms with Gasteiger partial charge in [-0.3, -0.25) is 15.2 Å². The van der Waals surface area contributed by atoms with Gasteiger partial charge in [-0.15, -0.1) is 0 Å². The standard InChI is InChI=1S/C12H14N4O4S/c1-9-11(6-13-15-9)7-14-21(19,20)8-10-2-4-12(5-3-10)16(17)18/h2-6,14H,7-8H2,1H3,(H,13,15). The summed E-state index contributed by atoms with van der Waals surface area (Å²) in [6, 6.07) is 5.43. The van der Waals surface area contributed by atoms with Gasteiger partial charge in [-0.05, 0) is 12.5 Å². The van der Waals surface area contributed by atoms with Crippen molar-refractivity contribution in [3.8, 4) is 0 Å². The lowest BCUT2D eigenvalue weighted by atomic mass is 10.2.